The van der Waals surface area contributed by atoms with Gasteiger partial charge in [0, 0.05) is 30.6 Å². The van der Waals surface area contributed by atoms with Crippen LogP contribution in [0.1, 0.15) is 29.2 Å². The van der Waals surface area contributed by atoms with Crippen LogP contribution in [0.25, 0.3) is 0 Å². The third-order valence-electron chi connectivity index (χ3n) is 4.68. The third kappa shape index (κ3) is 5.89. The number of carbonyl (C=O) groups is 1. The zero-order chi connectivity index (χ0) is 21.3. The van der Waals surface area contributed by atoms with E-state index in [4.69, 9.17) is 4.74 Å². The molecule has 0 saturated heterocycles. The average Bonchev–Trinajstić information content (AvgIpc) is 2.78. The molecule has 1 atom stereocenters. The molecule has 0 saturated carbocycles. The van der Waals surface area contributed by atoms with Crippen molar-refractivity contribution in [2.45, 2.75) is 19.1 Å². The zero-order valence-electron chi connectivity index (χ0n) is 16.8. The maximum absolute atomic E-state index is 13.1. The molecule has 5 nitrogen and oxygen atoms in total. The van der Waals surface area contributed by atoms with Gasteiger partial charge in [0.15, 0.2) is 0 Å². The lowest BCUT2D eigenvalue weighted by molar-refractivity contribution is -0.117. The number of ether oxygens (including phenoxy) is 1. The van der Waals surface area contributed by atoms with Gasteiger partial charge < -0.3 is 20.5 Å². The molecule has 0 aliphatic carbocycles. The molecule has 0 aromatic heterocycles. The normalized spacial score (nSPS) is 11.7. The van der Waals surface area contributed by atoms with Crippen LogP contribution in [0.15, 0.2) is 72.8 Å². The molecule has 0 heterocycles. The zero-order valence-corrected chi connectivity index (χ0v) is 16.8. The van der Waals surface area contributed by atoms with Gasteiger partial charge in [-0.2, -0.15) is 0 Å². The monoisotopic (exact) mass is 408 g/mol. The predicted octanol–water partition coefficient (Wildman–Crippen LogP) is 4.49. The predicted molar refractivity (Wildman–Crippen MR) is 116 cm³/mol. The Bertz CT molecular complexity index is 962. The lowest BCUT2D eigenvalue weighted by atomic mass is 9.99. The molecule has 3 aromatic carbocycles. The van der Waals surface area contributed by atoms with Crippen molar-refractivity contribution in [1.82, 2.24) is 0 Å². The Morgan fingerprint density at radius 1 is 1.07 bits per heavy atom. The van der Waals surface area contributed by atoms with Crippen molar-refractivity contribution in [2.24, 2.45) is 0 Å². The fourth-order valence-electron chi connectivity index (χ4n) is 3.04. The fraction of sp³-hybridized carbons (Fsp3) is 0.208. The molecule has 30 heavy (non-hydrogen) atoms. The van der Waals surface area contributed by atoms with Crippen LogP contribution in [-0.4, -0.2) is 24.7 Å². The van der Waals surface area contributed by atoms with E-state index >= 15 is 0 Å². The molecule has 1 amide bonds. The second-order valence-electron chi connectivity index (χ2n) is 6.89. The number of hydrogen-bond acceptors (Lipinski definition) is 4. The Balaban J connectivity index is 1.83. The van der Waals surface area contributed by atoms with Crippen LogP contribution in [-0.2, 0) is 16.1 Å². The summed E-state index contributed by atoms with van der Waals surface area (Å²) in [6.07, 6.45) is -0.682. The second kappa shape index (κ2) is 10.5. The number of aliphatic hydroxyl groups is 1. The van der Waals surface area contributed by atoms with Crippen LogP contribution in [0.2, 0.25) is 0 Å². The smallest absolute Gasteiger partial charge is 0.226 e. The maximum Gasteiger partial charge on any atom is 0.226 e. The van der Waals surface area contributed by atoms with Crippen molar-refractivity contribution in [2.75, 3.05) is 24.4 Å². The molecule has 3 rings (SSSR count). The number of aliphatic hydroxyl groups excluding tert-OH is 1. The number of carbonyl (C=O) groups excluding carboxylic acids is 1. The van der Waals surface area contributed by atoms with Crippen LogP contribution in [0.3, 0.4) is 0 Å². The Kier molecular flexibility index (Phi) is 7.54. The van der Waals surface area contributed by atoms with Gasteiger partial charge in [-0.3, -0.25) is 4.79 Å². The Morgan fingerprint density at radius 2 is 1.80 bits per heavy atom. The van der Waals surface area contributed by atoms with Crippen LogP contribution < -0.4 is 10.6 Å². The number of hydrogen-bond donors (Lipinski definition) is 3. The summed E-state index contributed by atoms with van der Waals surface area (Å²) < 4.78 is 18.0. The quantitative estimate of drug-likeness (QED) is 0.488. The van der Waals surface area contributed by atoms with E-state index < -0.39 is 6.10 Å². The molecule has 0 aliphatic rings. The van der Waals surface area contributed by atoms with Crippen LogP contribution in [0.4, 0.5) is 15.8 Å². The fourth-order valence-corrected chi connectivity index (χ4v) is 3.04. The van der Waals surface area contributed by atoms with Crippen molar-refractivity contribution in [1.29, 1.82) is 0 Å². The summed E-state index contributed by atoms with van der Waals surface area (Å²) in [5, 5.41) is 17.1. The van der Waals surface area contributed by atoms with Crippen molar-refractivity contribution in [3.63, 3.8) is 0 Å². The first kappa shape index (κ1) is 21.5. The summed E-state index contributed by atoms with van der Waals surface area (Å²) >= 11 is 0. The summed E-state index contributed by atoms with van der Waals surface area (Å²) in [5.41, 5.74) is 3.55. The highest BCUT2D eigenvalue weighted by Crippen LogP contribution is 2.31. The van der Waals surface area contributed by atoms with E-state index in [1.165, 1.54) is 12.1 Å². The van der Waals surface area contributed by atoms with Gasteiger partial charge >= 0.3 is 0 Å². The van der Waals surface area contributed by atoms with Gasteiger partial charge in [-0.05, 0) is 41.5 Å². The number of methoxy groups -OCH3 is 1. The van der Waals surface area contributed by atoms with Crippen LogP contribution in [0.5, 0.6) is 0 Å². The minimum absolute atomic E-state index is 0.189. The minimum Gasteiger partial charge on any atom is -0.384 e. The highest BCUT2D eigenvalue weighted by Gasteiger charge is 2.17. The number of nitrogens with one attached hydrogen (secondary N) is 2. The molecule has 0 bridgehead atoms. The number of anilines is 2. The van der Waals surface area contributed by atoms with Crippen LogP contribution in [0, 0.1) is 5.82 Å². The first-order valence-corrected chi connectivity index (χ1v) is 9.71. The molecule has 3 aromatic rings. The Labute approximate surface area is 175 Å². The summed E-state index contributed by atoms with van der Waals surface area (Å²) in [7, 11) is 1.54. The van der Waals surface area contributed by atoms with E-state index in [0.717, 1.165) is 16.8 Å². The molecule has 1 unspecified atom stereocenters. The average molecular weight is 408 g/mol. The third-order valence-corrected chi connectivity index (χ3v) is 4.68. The van der Waals surface area contributed by atoms with E-state index in [-0.39, 0.29) is 18.1 Å². The number of amides is 1. The molecule has 3 N–H and O–H groups in total. The van der Waals surface area contributed by atoms with Crippen molar-refractivity contribution < 1.29 is 19.0 Å². The van der Waals surface area contributed by atoms with Gasteiger partial charge in [0.25, 0.3) is 0 Å². The van der Waals surface area contributed by atoms with Crippen molar-refractivity contribution in [3.05, 3.63) is 95.3 Å². The number of benzene rings is 3. The molecule has 0 fully saturated rings. The van der Waals surface area contributed by atoms with E-state index in [9.17, 15) is 14.3 Å². The summed E-state index contributed by atoms with van der Waals surface area (Å²) in [6, 6.07) is 20.9. The molecular formula is C24H25FN2O3. The largest absolute Gasteiger partial charge is 0.384 e. The second-order valence-corrected chi connectivity index (χ2v) is 6.89. The summed E-state index contributed by atoms with van der Waals surface area (Å²) in [5.74, 6) is -0.467. The topological polar surface area (TPSA) is 70.6 Å². The molecular weight excluding hydrogens is 383 g/mol. The Morgan fingerprint density at radius 3 is 2.50 bits per heavy atom. The van der Waals surface area contributed by atoms with E-state index in [1.54, 1.807) is 25.3 Å². The molecule has 0 spiro atoms. The first-order chi connectivity index (χ1) is 14.6. The minimum atomic E-state index is -0.906. The van der Waals surface area contributed by atoms with Gasteiger partial charge in [0.1, 0.15) is 11.9 Å². The van der Waals surface area contributed by atoms with E-state index in [2.05, 4.69) is 10.6 Å². The number of rotatable bonds is 9. The standard InChI is InChI=1S/C24H25FN2O3/c1-30-14-13-23(28)27-22-12-11-20(26-16-17-7-9-19(25)10-8-17)15-21(22)24(29)18-5-3-2-4-6-18/h2-12,15,24,26,29H,13-14,16H2,1H3,(H,27,28). The molecule has 0 radical (unpaired) electrons. The van der Waals surface area contributed by atoms with Gasteiger partial charge in [-0.15, -0.1) is 0 Å². The van der Waals surface area contributed by atoms with Gasteiger partial charge in [0.2, 0.25) is 5.91 Å². The SMILES string of the molecule is COCCC(=O)Nc1ccc(NCc2ccc(F)cc2)cc1C(O)c1ccccc1. The van der Waals surface area contributed by atoms with Crippen molar-refractivity contribution in [3.8, 4) is 0 Å². The lowest BCUT2D eigenvalue weighted by Gasteiger charge is -2.19. The van der Waals surface area contributed by atoms with Gasteiger partial charge in [-0.25, -0.2) is 4.39 Å². The van der Waals surface area contributed by atoms with Gasteiger partial charge in [0.05, 0.1) is 13.0 Å². The highest BCUT2D eigenvalue weighted by molar-refractivity contribution is 5.92. The van der Waals surface area contributed by atoms with E-state index in [0.29, 0.717) is 24.4 Å². The molecule has 156 valence electrons. The molecule has 0 aliphatic heterocycles. The number of halogens is 1. The maximum atomic E-state index is 13.1. The highest BCUT2D eigenvalue weighted by atomic mass is 19.1. The van der Waals surface area contributed by atoms with Crippen molar-refractivity contribution >= 4 is 17.3 Å². The van der Waals surface area contributed by atoms with Crippen LogP contribution >= 0.6 is 0 Å². The summed E-state index contributed by atoms with van der Waals surface area (Å²) in [4.78, 5) is 12.2. The lowest BCUT2D eigenvalue weighted by Crippen LogP contribution is -2.16. The van der Waals surface area contributed by atoms with Gasteiger partial charge in [-0.1, -0.05) is 42.5 Å². The Hall–Kier alpha value is -3.22. The molecule has 6 heteroatoms. The first-order valence-electron chi connectivity index (χ1n) is 9.71. The van der Waals surface area contributed by atoms with E-state index in [1.807, 2.05) is 42.5 Å². The summed E-state index contributed by atoms with van der Waals surface area (Å²) in [6.45, 7) is 0.820.